The summed E-state index contributed by atoms with van der Waals surface area (Å²) in [7, 11) is 1.55. The van der Waals surface area contributed by atoms with Crippen LogP contribution in [0.1, 0.15) is 0 Å². The first kappa shape index (κ1) is 14.6. The van der Waals surface area contributed by atoms with Crippen molar-refractivity contribution in [3.63, 3.8) is 0 Å². The summed E-state index contributed by atoms with van der Waals surface area (Å²) in [5, 5.41) is 4.88. The fourth-order valence-corrected chi connectivity index (χ4v) is 1.28. The highest BCUT2D eigenvalue weighted by Gasteiger charge is 2.12. The number of benzene rings is 1. The van der Waals surface area contributed by atoms with Crippen molar-refractivity contribution >= 4 is 40.7 Å². The summed E-state index contributed by atoms with van der Waals surface area (Å²) >= 11 is 10.6. The number of halogens is 2. The summed E-state index contributed by atoms with van der Waals surface area (Å²) in [6.07, 6.45) is 0. The molecule has 0 bridgehead atoms. The van der Waals surface area contributed by atoms with Crippen LogP contribution in [0.4, 0.5) is 5.69 Å². The summed E-state index contributed by atoms with van der Waals surface area (Å²) in [6, 6.07) is 6.79. The number of carbonyl (C=O) groups excluding carboxylic acids is 2. The van der Waals surface area contributed by atoms with Crippen molar-refractivity contribution in [1.82, 2.24) is 5.32 Å². The largest absolute Gasteiger partial charge is 0.497 e. The van der Waals surface area contributed by atoms with Crippen molar-refractivity contribution < 1.29 is 14.3 Å². The van der Waals surface area contributed by atoms with Gasteiger partial charge in [-0.1, -0.05) is 23.2 Å². The molecular weight excluding hydrogens is 279 g/mol. The van der Waals surface area contributed by atoms with Crippen LogP contribution in [0, 0.1) is 0 Å². The smallest absolute Gasteiger partial charge is 0.253 e. The number of ether oxygens (including phenoxy) is 1. The van der Waals surface area contributed by atoms with E-state index < -0.39 is 10.7 Å². The maximum Gasteiger partial charge on any atom is 0.253 e. The minimum absolute atomic E-state index is 0.194. The van der Waals surface area contributed by atoms with E-state index in [2.05, 4.69) is 10.6 Å². The zero-order chi connectivity index (χ0) is 13.5. The first-order valence-electron chi connectivity index (χ1n) is 5.02. The van der Waals surface area contributed by atoms with Gasteiger partial charge in [0.15, 0.2) is 4.84 Å². The second-order valence-corrected chi connectivity index (χ2v) is 4.39. The molecule has 5 nitrogen and oxygen atoms in total. The van der Waals surface area contributed by atoms with E-state index in [1.807, 2.05) is 0 Å². The molecule has 98 valence electrons. The number of hydrogen-bond donors (Lipinski definition) is 2. The highest BCUT2D eigenvalue weighted by atomic mass is 35.5. The molecule has 0 atom stereocenters. The lowest BCUT2D eigenvalue weighted by molar-refractivity contribution is -0.122. The molecule has 0 unspecified atom stereocenters. The fraction of sp³-hybridized carbons (Fsp3) is 0.273. The molecule has 0 radical (unpaired) electrons. The van der Waals surface area contributed by atoms with Crippen LogP contribution >= 0.6 is 23.2 Å². The molecule has 0 aliphatic rings. The van der Waals surface area contributed by atoms with Crippen LogP contribution in [0.5, 0.6) is 5.75 Å². The Morgan fingerprint density at radius 1 is 1.28 bits per heavy atom. The van der Waals surface area contributed by atoms with Crippen LogP contribution in [0.15, 0.2) is 24.3 Å². The predicted octanol–water partition coefficient (Wildman–Crippen LogP) is 1.55. The zero-order valence-corrected chi connectivity index (χ0v) is 11.1. The standard InChI is InChI=1S/C11H12Cl2N2O3/c1-18-8-4-2-7(3-5-8)15-9(16)6-14-11(17)10(12)13/h2-5,10H,6H2,1H3,(H,14,17)(H,15,16). The second kappa shape index (κ2) is 7.08. The van der Waals surface area contributed by atoms with Crippen molar-refractivity contribution in [3.05, 3.63) is 24.3 Å². The molecule has 0 heterocycles. The Morgan fingerprint density at radius 3 is 2.39 bits per heavy atom. The Bertz CT molecular complexity index is 421. The van der Waals surface area contributed by atoms with Gasteiger partial charge in [0.25, 0.3) is 5.91 Å². The van der Waals surface area contributed by atoms with Gasteiger partial charge in [0.2, 0.25) is 5.91 Å². The first-order valence-corrected chi connectivity index (χ1v) is 5.90. The van der Waals surface area contributed by atoms with E-state index in [0.29, 0.717) is 11.4 Å². The van der Waals surface area contributed by atoms with E-state index in [1.165, 1.54) is 0 Å². The molecule has 2 N–H and O–H groups in total. The molecule has 1 aromatic rings. The lowest BCUT2D eigenvalue weighted by atomic mass is 10.3. The van der Waals surface area contributed by atoms with Crippen LogP contribution in [-0.4, -0.2) is 30.3 Å². The van der Waals surface area contributed by atoms with Gasteiger partial charge in [-0.25, -0.2) is 0 Å². The molecule has 0 aromatic heterocycles. The molecule has 1 rings (SSSR count). The average molecular weight is 291 g/mol. The number of carbonyl (C=O) groups is 2. The number of nitrogens with one attached hydrogen (secondary N) is 2. The monoisotopic (exact) mass is 290 g/mol. The molecule has 0 saturated carbocycles. The number of alkyl halides is 2. The Balaban J connectivity index is 2.42. The summed E-state index contributed by atoms with van der Waals surface area (Å²) < 4.78 is 4.98. The van der Waals surface area contributed by atoms with Crippen LogP contribution in [0.2, 0.25) is 0 Å². The van der Waals surface area contributed by atoms with Gasteiger partial charge in [-0.2, -0.15) is 0 Å². The Labute approximate surface area is 114 Å². The molecule has 0 fully saturated rings. The summed E-state index contributed by atoms with van der Waals surface area (Å²) in [6.45, 7) is -0.194. The topological polar surface area (TPSA) is 67.4 Å². The number of methoxy groups -OCH3 is 1. The minimum atomic E-state index is -1.18. The highest BCUT2D eigenvalue weighted by molar-refractivity contribution is 6.53. The maximum absolute atomic E-state index is 11.5. The molecule has 0 saturated heterocycles. The quantitative estimate of drug-likeness (QED) is 0.809. The molecular formula is C11H12Cl2N2O3. The first-order chi connectivity index (χ1) is 8.52. The number of amides is 2. The van der Waals surface area contributed by atoms with Crippen LogP contribution in [0.3, 0.4) is 0 Å². The number of rotatable bonds is 5. The third kappa shape index (κ3) is 4.81. The van der Waals surface area contributed by atoms with Gasteiger partial charge >= 0.3 is 0 Å². The van der Waals surface area contributed by atoms with E-state index in [0.717, 1.165) is 0 Å². The lowest BCUT2D eigenvalue weighted by Crippen LogP contribution is -2.35. The minimum Gasteiger partial charge on any atom is -0.497 e. The molecule has 7 heteroatoms. The number of hydrogen-bond acceptors (Lipinski definition) is 3. The van der Waals surface area contributed by atoms with Gasteiger partial charge in [-0.15, -0.1) is 0 Å². The lowest BCUT2D eigenvalue weighted by Gasteiger charge is -2.07. The van der Waals surface area contributed by atoms with Gasteiger partial charge < -0.3 is 15.4 Å². The average Bonchev–Trinajstić information content (AvgIpc) is 2.36. The van der Waals surface area contributed by atoms with Crippen molar-refractivity contribution in [2.45, 2.75) is 4.84 Å². The molecule has 18 heavy (non-hydrogen) atoms. The zero-order valence-electron chi connectivity index (χ0n) is 9.57. The Hall–Kier alpha value is -1.46. The van der Waals surface area contributed by atoms with E-state index in [4.69, 9.17) is 27.9 Å². The number of anilines is 1. The Kier molecular flexibility index (Phi) is 5.74. The summed E-state index contributed by atoms with van der Waals surface area (Å²) in [4.78, 5) is 21.3. The predicted molar refractivity (Wildman–Crippen MR) is 70.1 cm³/mol. The van der Waals surface area contributed by atoms with E-state index >= 15 is 0 Å². The van der Waals surface area contributed by atoms with Gasteiger partial charge in [0.05, 0.1) is 13.7 Å². The van der Waals surface area contributed by atoms with Crippen molar-refractivity contribution in [3.8, 4) is 5.75 Å². The maximum atomic E-state index is 11.5. The van der Waals surface area contributed by atoms with Gasteiger partial charge in [0.1, 0.15) is 5.75 Å². The van der Waals surface area contributed by atoms with Gasteiger partial charge in [0, 0.05) is 5.69 Å². The van der Waals surface area contributed by atoms with E-state index in [1.54, 1.807) is 31.4 Å². The molecule has 2 amide bonds. The normalized spacial score (nSPS) is 10.0. The Morgan fingerprint density at radius 2 is 1.89 bits per heavy atom. The van der Waals surface area contributed by atoms with Crippen molar-refractivity contribution in [2.75, 3.05) is 19.0 Å². The van der Waals surface area contributed by atoms with Crippen LogP contribution < -0.4 is 15.4 Å². The van der Waals surface area contributed by atoms with E-state index in [-0.39, 0.29) is 12.5 Å². The van der Waals surface area contributed by atoms with Gasteiger partial charge in [-0.3, -0.25) is 9.59 Å². The third-order valence-corrected chi connectivity index (χ3v) is 2.39. The summed E-state index contributed by atoms with van der Waals surface area (Å²) in [5.41, 5.74) is 0.600. The van der Waals surface area contributed by atoms with Crippen molar-refractivity contribution in [1.29, 1.82) is 0 Å². The van der Waals surface area contributed by atoms with Crippen LogP contribution in [0.25, 0.3) is 0 Å². The molecule has 1 aromatic carbocycles. The molecule has 0 aliphatic heterocycles. The van der Waals surface area contributed by atoms with Crippen molar-refractivity contribution in [2.24, 2.45) is 0 Å². The SMILES string of the molecule is COc1ccc(NC(=O)CNC(=O)C(Cl)Cl)cc1. The summed E-state index contributed by atoms with van der Waals surface area (Å²) in [5.74, 6) is -0.292. The fourth-order valence-electron chi connectivity index (χ4n) is 1.12. The third-order valence-electron chi connectivity index (χ3n) is 2.00. The molecule has 0 aliphatic carbocycles. The van der Waals surface area contributed by atoms with Crippen LogP contribution in [-0.2, 0) is 9.59 Å². The van der Waals surface area contributed by atoms with E-state index in [9.17, 15) is 9.59 Å². The highest BCUT2D eigenvalue weighted by Crippen LogP contribution is 2.14. The second-order valence-electron chi connectivity index (χ2n) is 3.30. The van der Waals surface area contributed by atoms with Gasteiger partial charge in [-0.05, 0) is 24.3 Å². The molecule has 0 spiro atoms.